The molecule has 1 saturated heterocycles. The summed E-state index contributed by atoms with van der Waals surface area (Å²) in [5.74, 6) is 2.21. The molecule has 2 aromatic rings. The molecule has 3 rings (SSSR count). The van der Waals surface area contributed by atoms with Gasteiger partial charge in [-0.15, -0.1) is 0 Å². The molecule has 1 aromatic heterocycles. The molecule has 0 aliphatic carbocycles. The lowest BCUT2D eigenvalue weighted by Crippen LogP contribution is -2.31. The zero-order valence-electron chi connectivity index (χ0n) is 11.9. The maximum Gasteiger partial charge on any atom is 0.230 e. The van der Waals surface area contributed by atoms with E-state index in [-0.39, 0.29) is 5.92 Å². The van der Waals surface area contributed by atoms with Crippen molar-refractivity contribution >= 4 is 6.41 Å². The van der Waals surface area contributed by atoms with Crippen LogP contribution in [0, 0.1) is 0 Å². The summed E-state index contributed by atoms with van der Waals surface area (Å²) in [5.41, 5.74) is 0.870. The van der Waals surface area contributed by atoms with Gasteiger partial charge in [0.2, 0.25) is 18.1 Å². The number of amides is 1. The van der Waals surface area contributed by atoms with Gasteiger partial charge < -0.3 is 14.2 Å². The number of likely N-dealkylation sites (tertiary alicyclic amines) is 1. The van der Waals surface area contributed by atoms with Gasteiger partial charge in [0.1, 0.15) is 5.75 Å². The number of methoxy groups -OCH3 is 1. The Hall–Kier alpha value is -2.37. The maximum absolute atomic E-state index is 10.7. The Morgan fingerprint density at radius 3 is 2.90 bits per heavy atom. The van der Waals surface area contributed by atoms with E-state index >= 15 is 0 Å². The van der Waals surface area contributed by atoms with Gasteiger partial charge >= 0.3 is 0 Å². The van der Waals surface area contributed by atoms with Gasteiger partial charge in [0.15, 0.2) is 0 Å². The van der Waals surface area contributed by atoms with Crippen LogP contribution in [0.2, 0.25) is 0 Å². The molecule has 0 bridgehead atoms. The van der Waals surface area contributed by atoms with Crippen LogP contribution in [0.4, 0.5) is 0 Å². The highest BCUT2D eigenvalue weighted by molar-refractivity contribution is 5.56. The Morgan fingerprint density at radius 1 is 1.38 bits per heavy atom. The molecule has 6 heteroatoms. The summed E-state index contributed by atoms with van der Waals surface area (Å²) in [6.45, 7) is 1.48. The summed E-state index contributed by atoms with van der Waals surface area (Å²) in [5, 5.41) is 4.05. The molecule has 0 atom stereocenters. The zero-order chi connectivity index (χ0) is 14.7. The third kappa shape index (κ3) is 2.89. The molecule has 2 heterocycles. The van der Waals surface area contributed by atoms with Crippen LogP contribution in [0.3, 0.4) is 0 Å². The van der Waals surface area contributed by atoms with Crippen LogP contribution in [0.1, 0.15) is 24.7 Å². The van der Waals surface area contributed by atoms with Crippen molar-refractivity contribution in [3.8, 4) is 17.1 Å². The van der Waals surface area contributed by atoms with Gasteiger partial charge in [-0.3, -0.25) is 4.79 Å². The highest BCUT2D eigenvalue weighted by Crippen LogP contribution is 2.28. The van der Waals surface area contributed by atoms with Crippen molar-refractivity contribution in [1.82, 2.24) is 15.0 Å². The lowest BCUT2D eigenvalue weighted by atomic mass is 9.97. The van der Waals surface area contributed by atoms with Gasteiger partial charge in [0, 0.05) is 24.6 Å². The van der Waals surface area contributed by atoms with Crippen molar-refractivity contribution < 1.29 is 14.1 Å². The summed E-state index contributed by atoms with van der Waals surface area (Å²) in [6, 6.07) is 7.57. The highest BCUT2D eigenvalue weighted by Gasteiger charge is 2.24. The monoisotopic (exact) mass is 287 g/mol. The van der Waals surface area contributed by atoms with Gasteiger partial charge in [-0.1, -0.05) is 17.3 Å². The third-order valence-electron chi connectivity index (χ3n) is 3.80. The first-order valence-electron chi connectivity index (χ1n) is 6.97. The first-order valence-corrected chi connectivity index (χ1v) is 6.97. The number of hydrogen-bond donors (Lipinski definition) is 0. The van der Waals surface area contributed by atoms with E-state index in [0.29, 0.717) is 11.7 Å². The van der Waals surface area contributed by atoms with Crippen molar-refractivity contribution in [3.05, 3.63) is 30.2 Å². The standard InChI is InChI=1S/C15H17N3O3/c1-20-13-4-2-3-12(9-13)14-16-15(21-17-14)11-5-7-18(10-19)8-6-11/h2-4,9-11H,5-8H2,1H3. The van der Waals surface area contributed by atoms with Gasteiger partial charge in [0.25, 0.3) is 0 Å². The number of piperidine rings is 1. The van der Waals surface area contributed by atoms with Crippen LogP contribution >= 0.6 is 0 Å². The highest BCUT2D eigenvalue weighted by atomic mass is 16.5. The Bertz CT molecular complexity index is 618. The van der Waals surface area contributed by atoms with E-state index < -0.39 is 0 Å². The average molecular weight is 287 g/mol. The normalized spacial score (nSPS) is 16.0. The molecule has 1 amide bonds. The van der Waals surface area contributed by atoms with Crippen LogP contribution in [0.15, 0.2) is 28.8 Å². The largest absolute Gasteiger partial charge is 0.497 e. The second kappa shape index (κ2) is 5.95. The summed E-state index contributed by atoms with van der Waals surface area (Å²) >= 11 is 0. The molecular weight excluding hydrogens is 270 g/mol. The minimum absolute atomic E-state index is 0.230. The fourth-order valence-electron chi connectivity index (χ4n) is 2.53. The van der Waals surface area contributed by atoms with Gasteiger partial charge in [-0.05, 0) is 25.0 Å². The van der Waals surface area contributed by atoms with Crippen LogP contribution in [-0.2, 0) is 4.79 Å². The molecule has 1 fully saturated rings. The molecule has 110 valence electrons. The van der Waals surface area contributed by atoms with Crippen molar-refractivity contribution in [2.75, 3.05) is 20.2 Å². The minimum atomic E-state index is 0.230. The number of benzene rings is 1. The molecule has 6 nitrogen and oxygen atoms in total. The quantitative estimate of drug-likeness (QED) is 0.805. The van der Waals surface area contributed by atoms with E-state index in [1.807, 2.05) is 24.3 Å². The van der Waals surface area contributed by atoms with Crippen LogP contribution < -0.4 is 4.74 Å². The van der Waals surface area contributed by atoms with Crippen LogP contribution in [0.25, 0.3) is 11.4 Å². The van der Waals surface area contributed by atoms with Crippen LogP contribution in [0.5, 0.6) is 5.75 Å². The topological polar surface area (TPSA) is 68.5 Å². The first-order chi connectivity index (χ1) is 10.3. The fraction of sp³-hybridized carbons (Fsp3) is 0.400. The van der Waals surface area contributed by atoms with Gasteiger partial charge in [0.05, 0.1) is 7.11 Å². The van der Waals surface area contributed by atoms with E-state index in [0.717, 1.165) is 43.7 Å². The number of carbonyl (C=O) groups excluding carboxylic acids is 1. The summed E-state index contributed by atoms with van der Waals surface area (Å²) in [7, 11) is 1.63. The van der Waals surface area contributed by atoms with Crippen molar-refractivity contribution in [1.29, 1.82) is 0 Å². The predicted octanol–water partition coefficient (Wildman–Crippen LogP) is 2.08. The summed E-state index contributed by atoms with van der Waals surface area (Å²) in [4.78, 5) is 17.0. The van der Waals surface area contributed by atoms with Crippen molar-refractivity contribution in [2.24, 2.45) is 0 Å². The second-order valence-electron chi connectivity index (χ2n) is 5.10. The van der Waals surface area contributed by atoms with E-state index in [4.69, 9.17) is 9.26 Å². The Balaban J connectivity index is 1.75. The van der Waals surface area contributed by atoms with Gasteiger partial charge in [-0.25, -0.2) is 0 Å². The number of carbonyl (C=O) groups is 1. The second-order valence-corrected chi connectivity index (χ2v) is 5.10. The first kappa shape index (κ1) is 13.6. The average Bonchev–Trinajstić information content (AvgIpc) is 3.05. The van der Waals surface area contributed by atoms with E-state index in [9.17, 15) is 4.79 Å². The molecule has 0 saturated carbocycles. The fourth-order valence-corrected chi connectivity index (χ4v) is 2.53. The molecule has 21 heavy (non-hydrogen) atoms. The predicted molar refractivity (Wildman–Crippen MR) is 75.9 cm³/mol. The SMILES string of the molecule is COc1cccc(-c2noc(C3CCN(C=O)CC3)n2)c1. The van der Waals surface area contributed by atoms with Crippen molar-refractivity contribution in [3.63, 3.8) is 0 Å². The number of nitrogens with zero attached hydrogens (tertiary/aromatic N) is 3. The minimum Gasteiger partial charge on any atom is -0.497 e. The molecule has 0 unspecified atom stereocenters. The smallest absolute Gasteiger partial charge is 0.230 e. The van der Waals surface area contributed by atoms with Crippen LogP contribution in [-0.4, -0.2) is 41.6 Å². The maximum atomic E-state index is 10.7. The Labute approximate surface area is 122 Å². The van der Waals surface area contributed by atoms with Crippen molar-refractivity contribution in [2.45, 2.75) is 18.8 Å². The number of ether oxygens (including phenoxy) is 1. The molecule has 0 N–H and O–H groups in total. The number of aromatic nitrogens is 2. The molecule has 0 spiro atoms. The lowest BCUT2D eigenvalue weighted by molar-refractivity contribution is -0.119. The summed E-state index contributed by atoms with van der Waals surface area (Å²) < 4.78 is 10.6. The van der Waals surface area contributed by atoms with E-state index in [1.54, 1.807) is 12.0 Å². The molecule has 0 radical (unpaired) electrons. The number of hydrogen-bond acceptors (Lipinski definition) is 5. The Kier molecular flexibility index (Phi) is 3.85. The molecular formula is C15H17N3O3. The van der Waals surface area contributed by atoms with E-state index in [1.165, 1.54) is 0 Å². The zero-order valence-corrected chi connectivity index (χ0v) is 11.9. The molecule has 1 aliphatic rings. The molecule has 1 aromatic carbocycles. The summed E-state index contributed by atoms with van der Waals surface area (Å²) in [6.07, 6.45) is 2.61. The van der Waals surface area contributed by atoms with E-state index in [2.05, 4.69) is 10.1 Å². The number of rotatable bonds is 4. The molecule has 1 aliphatic heterocycles. The lowest BCUT2D eigenvalue weighted by Gasteiger charge is -2.26. The Morgan fingerprint density at radius 2 is 2.19 bits per heavy atom. The van der Waals surface area contributed by atoms with Gasteiger partial charge in [-0.2, -0.15) is 4.98 Å². The third-order valence-corrected chi connectivity index (χ3v) is 3.80.